The summed E-state index contributed by atoms with van der Waals surface area (Å²) in [4.78, 5) is 12.1. The number of nitrogens with one attached hydrogen (secondary N) is 3. The Morgan fingerprint density at radius 1 is 1.53 bits per heavy atom. The quantitative estimate of drug-likeness (QED) is 0.731. The van der Waals surface area contributed by atoms with Gasteiger partial charge in [-0.15, -0.1) is 12.4 Å². The summed E-state index contributed by atoms with van der Waals surface area (Å²) in [5.41, 5.74) is 2.28. The summed E-state index contributed by atoms with van der Waals surface area (Å²) in [6.07, 6.45) is 4.96. The van der Waals surface area contributed by atoms with Gasteiger partial charge in [0.15, 0.2) is 0 Å². The fraction of sp³-hybridized carbons (Fsp3) is 0.667. The Bertz CT molecular complexity index is 431. The molecule has 1 aliphatic heterocycles. The molecule has 3 N–H and O–H groups in total. The Kier molecular flexibility index (Phi) is 4.79. The third kappa shape index (κ3) is 3.08. The molecule has 2 unspecified atom stereocenters. The van der Waals surface area contributed by atoms with Gasteiger partial charge >= 0.3 is 0 Å². The second kappa shape index (κ2) is 6.36. The van der Waals surface area contributed by atoms with Crippen molar-refractivity contribution >= 4 is 18.3 Å². The molecule has 1 amide bonds. The van der Waals surface area contributed by atoms with E-state index in [1.165, 1.54) is 5.56 Å². The molecule has 3 rings (SSSR count). The van der Waals surface area contributed by atoms with Gasteiger partial charge in [0.1, 0.15) is 6.04 Å². The van der Waals surface area contributed by atoms with Gasteiger partial charge in [-0.2, -0.15) is 5.10 Å². The first-order valence-corrected chi connectivity index (χ1v) is 6.48. The van der Waals surface area contributed by atoms with E-state index in [0.717, 1.165) is 31.5 Å². The van der Waals surface area contributed by atoms with E-state index in [4.69, 9.17) is 4.74 Å². The Labute approximate surface area is 118 Å². The maximum atomic E-state index is 12.1. The predicted molar refractivity (Wildman–Crippen MR) is 72.3 cm³/mol. The number of hydrogen-bond acceptors (Lipinski definition) is 4. The van der Waals surface area contributed by atoms with E-state index >= 15 is 0 Å². The van der Waals surface area contributed by atoms with Crippen LogP contribution in [0.25, 0.3) is 0 Å². The zero-order valence-electron chi connectivity index (χ0n) is 10.6. The van der Waals surface area contributed by atoms with Gasteiger partial charge in [0.25, 0.3) is 0 Å². The molecule has 1 saturated heterocycles. The lowest BCUT2D eigenvalue weighted by molar-refractivity contribution is -0.126. The predicted octanol–water partition coefficient (Wildman–Crippen LogP) is 0.313. The van der Waals surface area contributed by atoms with Gasteiger partial charge < -0.3 is 15.4 Å². The Morgan fingerprint density at radius 3 is 3.21 bits per heavy atom. The number of hydrogen-bond donors (Lipinski definition) is 3. The average molecular weight is 287 g/mol. The third-order valence-electron chi connectivity index (χ3n) is 3.59. The molecule has 7 heteroatoms. The molecule has 1 aromatic rings. The van der Waals surface area contributed by atoms with Crippen LogP contribution in [0.5, 0.6) is 0 Å². The number of aryl methyl sites for hydroxylation is 1. The van der Waals surface area contributed by atoms with E-state index in [1.54, 1.807) is 0 Å². The number of aromatic nitrogens is 2. The Balaban J connectivity index is 0.00000133. The van der Waals surface area contributed by atoms with Crippen LogP contribution < -0.4 is 10.6 Å². The van der Waals surface area contributed by atoms with Crippen LogP contribution in [0.15, 0.2) is 6.20 Å². The van der Waals surface area contributed by atoms with E-state index in [1.807, 2.05) is 6.20 Å². The van der Waals surface area contributed by atoms with E-state index in [0.29, 0.717) is 13.2 Å². The monoisotopic (exact) mass is 286 g/mol. The first-order valence-electron chi connectivity index (χ1n) is 6.48. The SMILES string of the molecule is Cl.O=C(NC1CCCc2cn[nH]c21)C1COCCN1. The smallest absolute Gasteiger partial charge is 0.240 e. The molecule has 0 bridgehead atoms. The van der Waals surface area contributed by atoms with Crippen LogP contribution in [0, 0.1) is 0 Å². The summed E-state index contributed by atoms with van der Waals surface area (Å²) in [7, 11) is 0. The van der Waals surface area contributed by atoms with Crippen molar-refractivity contribution in [2.75, 3.05) is 19.8 Å². The zero-order valence-corrected chi connectivity index (χ0v) is 11.5. The lowest BCUT2D eigenvalue weighted by Gasteiger charge is -2.27. The molecule has 0 saturated carbocycles. The van der Waals surface area contributed by atoms with Gasteiger partial charge in [-0.3, -0.25) is 9.89 Å². The highest BCUT2D eigenvalue weighted by Gasteiger charge is 2.27. The van der Waals surface area contributed by atoms with Gasteiger partial charge in [0, 0.05) is 6.54 Å². The number of H-pyrrole nitrogens is 1. The molecule has 1 aliphatic carbocycles. The molecule has 0 aromatic carbocycles. The van der Waals surface area contributed by atoms with Crippen molar-refractivity contribution in [3.05, 3.63) is 17.5 Å². The molecule has 6 nitrogen and oxygen atoms in total. The van der Waals surface area contributed by atoms with E-state index < -0.39 is 0 Å². The summed E-state index contributed by atoms with van der Waals surface area (Å²) in [5, 5.41) is 13.3. The highest BCUT2D eigenvalue weighted by Crippen LogP contribution is 2.27. The van der Waals surface area contributed by atoms with Crippen LogP contribution in [-0.2, 0) is 16.0 Å². The second-order valence-corrected chi connectivity index (χ2v) is 4.84. The number of amides is 1. The Morgan fingerprint density at radius 2 is 2.42 bits per heavy atom. The normalized spacial score (nSPS) is 26.1. The van der Waals surface area contributed by atoms with Crippen LogP contribution >= 0.6 is 12.4 Å². The molecule has 0 spiro atoms. The van der Waals surface area contributed by atoms with E-state index in [9.17, 15) is 4.79 Å². The third-order valence-corrected chi connectivity index (χ3v) is 3.59. The molecule has 106 valence electrons. The molecule has 2 atom stereocenters. The lowest BCUT2D eigenvalue weighted by atomic mass is 9.93. The van der Waals surface area contributed by atoms with Gasteiger partial charge in [-0.25, -0.2) is 0 Å². The minimum absolute atomic E-state index is 0. The maximum absolute atomic E-state index is 12.1. The molecule has 0 radical (unpaired) electrons. The number of fused-ring (bicyclic) bond motifs is 1. The highest BCUT2D eigenvalue weighted by atomic mass is 35.5. The first kappa shape index (κ1) is 14.3. The molecule has 19 heavy (non-hydrogen) atoms. The number of nitrogens with zero attached hydrogens (tertiary/aromatic N) is 1. The van der Waals surface area contributed by atoms with Gasteiger partial charge in [0.05, 0.1) is 31.1 Å². The van der Waals surface area contributed by atoms with Gasteiger partial charge in [-0.1, -0.05) is 0 Å². The van der Waals surface area contributed by atoms with Crippen molar-refractivity contribution in [3.63, 3.8) is 0 Å². The van der Waals surface area contributed by atoms with Gasteiger partial charge in [-0.05, 0) is 24.8 Å². The lowest BCUT2D eigenvalue weighted by Crippen LogP contribution is -2.52. The van der Waals surface area contributed by atoms with Crippen LogP contribution in [-0.4, -0.2) is 41.9 Å². The van der Waals surface area contributed by atoms with Crippen molar-refractivity contribution in [1.29, 1.82) is 0 Å². The number of halogens is 1. The molecule has 2 aliphatic rings. The Hall–Kier alpha value is -1.11. The number of carbonyl (C=O) groups is 1. The van der Waals surface area contributed by atoms with Crippen LogP contribution in [0.3, 0.4) is 0 Å². The molecule has 1 aromatic heterocycles. The van der Waals surface area contributed by atoms with Crippen molar-refractivity contribution in [3.8, 4) is 0 Å². The summed E-state index contributed by atoms with van der Waals surface area (Å²) >= 11 is 0. The van der Waals surface area contributed by atoms with E-state index in [2.05, 4.69) is 20.8 Å². The topological polar surface area (TPSA) is 79.0 Å². The van der Waals surface area contributed by atoms with Crippen molar-refractivity contribution in [2.24, 2.45) is 0 Å². The number of ether oxygens (including phenoxy) is 1. The van der Waals surface area contributed by atoms with E-state index in [-0.39, 0.29) is 30.4 Å². The van der Waals surface area contributed by atoms with Crippen LogP contribution in [0.4, 0.5) is 0 Å². The van der Waals surface area contributed by atoms with Gasteiger partial charge in [0.2, 0.25) is 5.91 Å². The summed E-state index contributed by atoms with van der Waals surface area (Å²) in [6, 6.07) is -0.167. The van der Waals surface area contributed by atoms with Crippen molar-refractivity contribution in [1.82, 2.24) is 20.8 Å². The minimum Gasteiger partial charge on any atom is -0.378 e. The molecular formula is C12H19ClN4O2. The number of aromatic amines is 1. The number of morpholine rings is 1. The first-order chi connectivity index (χ1) is 8.84. The fourth-order valence-electron chi connectivity index (χ4n) is 2.61. The number of rotatable bonds is 2. The summed E-state index contributed by atoms with van der Waals surface area (Å²) in [6.45, 7) is 1.87. The largest absolute Gasteiger partial charge is 0.378 e. The summed E-state index contributed by atoms with van der Waals surface area (Å²) < 4.78 is 5.30. The molecule has 2 heterocycles. The van der Waals surface area contributed by atoms with Crippen LogP contribution in [0.1, 0.15) is 30.1 Å². The zero-order chi connectivity index (χ0) is 12.4. The maximum Gasteiger partial charge on any atom is 0.240 e. The fourth-order valence-corrected chi connectivity index (χ4v) is 2.61. The summed E-state index contributed by atoms with van der Waals surface area (Å²) in [5.74, 6) is 0.0159. The standard InChI is InChI=1S/C12H18N4O2.ClH/c17-12(10-7-18-5-4-13-10)15-9-3-1-2-8-6-14-16-11(8)9;/h6,9-10,13H,1-5,7H2,(H,14,16)(H,15,17);1H. The van der Waals surface area contributed by atoms with Crippen molar-refractivity contribution in [2.45, 2.75) is 31.3 Å². The second-order valence-electron chi connectivity index (χ2n) is 4.84. The minimum atomic E-state index is -0.230. The number of carbonyl (C=O) groups excluding carboxylic acids is 1. The van der Waals surface area contributed by atoms with Crippen LogP contribution in [0.2, 0.25) is 0 Å². The van der Waals surface area contributed by atoms with Crippen molar-refractivity contribution < 1.29 is 9.53 Å². The highest BCUT2D eigenvalue weighted by molar-refractivity contribution is 5.85. The average Bonchev–Trinajstić information content (AvgIpc) is 2.89. The molecule has 1 fully saturated rings. The molecular weight excluding hydrogens is 268 g/mol.